The number of ether oxygens (including phenoxy) is 3. The summed E-state index contributed by atoms with van der Waals surface area (Å²) in [5.41, 5.74) is 0.654. The average Bonchev–Trinajstić information content (AvgIpc) is 3.89. The van der Waals surface area contributed by atoms with E-state index >= 15 is 0 Å². The van der Waals surface area contributed by atoms with E-state index in [9.17, 15) is 29.1 Å². The van der Waals surface area contributed by atoms with Gasteiger partial charge in [0.1, 0.15) is 48.7 Å². The molecule has 3 aliphatic rings. The molecule has 0 aliphatic carbocycles. The summed E-state index contributed by atoms with van der Waals surface area (Å²) in [5.74, 6) is -1.98. The van der Waals surface area contributed by atoms with Crippen molar-refractivity contribution < 1.29 is 43.3 Å². The number of nitrogens with zero attached hydrogens (tertiary/aromatic N) is 4. The van der Waals surface area contributed by atoms with Crippen LogP contribution in [0.25, 0.3) is 0 Å². The molecule has 1 aromatic rings. The maximum absolute atomic E-state index is 14.6. The van der Waals surface area contributed by atoms with E-state index in [0.29, 0.717) is 55.9 Å². The Morgan fingerprint density at radius 3 is 2.25 bits per heavy atom. The number of aliphatic hydroxyl groups excluding tert-OH is 1. The third-order valence-electron chi connectivity index (χ3n) is 12.4. The Balaban J connectivity index is 1.74. The van der Waals surface area contributed by atoms with Gasteiger partial charge in [0.25, 0.3) is 0 Å². The van der Waals surface area contributed by atoms with E-state index in [0.717, 1.165) is 5.56 Å². The first-order valence-corrected chi connectivity index (χ1v) is 21.2. The zero-order chi connectivity index (χ0) is 43.9. The van der Waals surface area contributed by atoms with Crippen LogP contribution in [-0.4, -0.2) is 132 Å². The van der Waals surface area contributed by atoms with E-state index in [-0.39, 0.29) is 30.8 Å². The van der Waals surface area contributed by atoms with Crippen molar-refractivity contribution in [3.63, 3.8) is 0 Å². The van der Waals surface area contributed by atoms with Gasteiger partial charge in [-0.25, -0.2) is 9.79 Å². The Kier molecular flexibility index (Phi) is 16.2. The quantitative estimate of drug-likeness (QED) is 0.405. The van der Waals surface area contributed by atoms with Crippen molar-refractivity contribution in [3.05, 3.63) is 41.5 Å². The Morgan fingerprint density at radius 2 is 1.64 bits per heavy atom. The van der Waals surface area contributed by atoms with Crippen LogP contribution in [0.2, 0.25) is 0 Å². The Labute approximate surface area is 351 Å². The highest BCUT2D eigenvalue weighted by Gasteiger charge is 2.44. The number of benzene rings is 1. The second-order valence-electron chi connectivity index (χ2n) is 18.1. The number of rotatable bonds is 5. The number of cyclic esters (lactones) is 1. The molecule has 59 heavy (non-hydrogen) atoms. The highest BCUT2D eigenvalue weighted by Crippen LogP contribution is 2.33. The van der Waals surface area contributed by atoms with Gasteiger partial charge in [0.15, 0.2) is 5.90 Å². The van der Waals surface area contributed by atoms with Crippen molar-refractivity contribution in [1.82, 2.24) is 20.0 Å². The van der Waals surface area contributed by atoms with Gasteiger partial charge in [0.05, 0.1) is 19.1 Å². The third kappa shape index (κ3) is 11.6. The van der Waals surface area contributed by atoms with Crippen LogP contribution in [0, 0.1) is 23.2 Å². The number of esters is 1. The molecule has 4 amide bonds. The molecule has 2 bridgehead atoms. The van der Waals surface area contributed by atoms with Crippen molar-refractivity contribution in [3.8, 4) is 5.75 Å². The van der Waals surface area contributed by atoms with E-state index < -0.39 is 77.4 Å². The normalized spacial score (nSPS) is 31.5. The number of methoxy groups -OCH3 is 1. The lowest BCUT2D eigenvalue weighted by Crippen LogP contribution is -2.59. The molecule has 0 radical (unpaired) electrons. The summed E-state index contributed by atoms with van der Waals surface area (Å²) in [6.07, 6.45) is 3.02. The molecule has 4 rings (SSSR count). The van der Waals surface area contributed by atoms with Crippen molar-refractivity contribution in [2.24, 2.45) is 28.2 Å². The minimum Gasteiger partial charge on any atom is -0.497 e. The van der Waals surface area contributed by atoms with Crippen molar-refractivity contribution in [2.75, 3.05) is 34.4 Å². The molecule has 2 N–H and O–H groups in total. The average molecular weight is 824 g/mol. The largest absolute Gasteiger partial charge is 0.497 e. The number of likely N-dealkylation sites (N-methyl/N-ethyl adjacent to an activating group) is 2. The van der Waals surface area contributed by atoms with Crippen LogP contribution in [0.5, 0.6) is 5.75 Å². The predicted molar refractivity (Wildman–Crippen MR) is 225 cm³/mol. The van der Waals surface area contributed by atoms with Gasteiger partial charge in [-0.05, 0) is 80.6 Å². The number of amides is 4. The molecule has 10 atom stereocenters. The van der Waals surface area contributed by atoms with Crippen molar-refractivity contribution in [2.45, 2.75) is 143 Å². The fourth-order valence-corrected chi connectivity index (χ4v) is 8.11. The third-order valence-corrected chi connectivity index (χ3v) is 12.4. The highest BCUT2D eigenvalue weighted by molar-refractivity contribution is 5.98. The second-order valence-corrected chi connectivity index (χ2v) is 18.1. The molecule has 3 heterocycles. The van der Waals surface area contributed by atoms with E-state index in [1.807, 2.05) is 60.6 Å². The number of aliphatic imine (C=N–C) groups is 1. The minimum atomic E-state index is -1.06. The lowest BCUT2D eigenvalue weighted by Gasteiger charge is -2.39. The molecule has 328 valence electrons. The lowest BCUT2D eigenvalue weighted by molar-refractivity contribution is -0.166. The Hall–Kier alpha value is -4.46. The number of carbonyl (C=O) groups excluding carboxylic acids is 5. The van der Waals surface area contributed by atoms with Crippen LogP contribution in [0.15, 0.2) is 40.9 Å². The van der Waals surface area contributed by atoms with Gasteiger partial charge in [-0.15, -0.1) is 0 Å². The van der Waals surface area contributed by atoms with E-state index in [1.54, 1.807) is 51.1 Å². The van der Waals surface area contributed by atoms with Gasteiger partial charge in [-0.1, -0.05) is 67.0 Å². The van der Waals surface area contributed by atoms with Gasteiger partial charge >= 0.3 is 5.97 Å². The van der Waals surface area contributed by atoms with E-state index in [1.165, 1.54) is 16.8 Å². The Bertz CT molecular complexity index is 1720. The molecule has 0 aromatic heterocycles. The summed E-state index contributed by atoms with van der Waals surface area (Å²) in [6.45, 7) is 17.5. The molecule has 14 nitrogen and oxygen atoms in total. The first kappa shape index (κ1) is 47.2. The van der Waals surface area contributed by atoms with E-state index in [4.69, 9.17) is 19.2 Å². The second kappa shape index (κ2) is 20.2. The van der Waals surface area contributed by atoms with E-state index in [2.05, 4.69) is 5.32 Å². The first-order valence-electron chi connectivity index (χ1n) is 21.2. The summed E-state index contributed by atoms with van der Waals surface area (Å²) < 4.78 is 17.5. The molecule has 1 aromatic carbocycles. The smallest absolute Gasteiger partial charge is 0.329 e. The van der Waals surface area contributed by atoms with Crippen LogP contribution in [0.4, 0.5) is 0 Å². The number of carbonyl (C=O) groups is 5. The molecule has 1 saturated heterocycles. The topological polar surface area (TPSA) is 167 Å². The number of aliphatic hydroxyl groups is 1. The van der Waals surface area contributed by atoms with Gasteiger partial charge in [0.2, 0.25) is 23.6 Å². The van der Waals surface area contributed by atoms with Crippen LogP contribution in [-0.2, 0) is 39.9 Å². The molecule has 14 heteroatoms. The summed E-state index contributed by atoms with van der Waals surface area (Å²) in [6, 6.07) is 2.89. The zero-order valence-electron chi connectivity index (χ0n) is 37.3. The first-order chi connectivity index (χ1) is 27.7. The summed E-state index contributed by atoms with van der Waals surface area (Å²) in [4.78, 5) is 80.1. The molecule has 1 fully saturated rings. The standard InChI is InChI=1S/C45H69N5O9/c1-13-27(3)38-43(55)50-20-14-15-35(50)44(56)59-37(45(7,8)9)22-26(2)21-36(51)29(5)40-46-32(25-58-40)23-28(4)39(52)47-34(24-31-16-18-33(57-12)19-17-31)42(54)48(10)30(6)41(53)49(38)11/h16-19,23,26-27,29-30,32,34-38,51H,13-15,20-22,24-25H2,1-12H3,(H,47,52)/b28-23+/t26-,27-,29-,30-,32?,34-,35-,36-,37-,38-/m0/s1. The van der Waals surface area contributed by atoms with Crippen molar-refractivity contribution in [1.29, 1.82) is 0 Å². The zero-order valence-corrected chi connectivity index (χ0v) is 37.3. The maximum Gasteiger partial charge on any atom is 0.329 e. The van der Waals surface area contributed by atoms with Gasteiger partial charge in [-0.3, -0.25) is 19.2 Å². The molecule has 0 saturated carbocycles. The Morgan fingerprint density at radius 1 is 0.983 bits per heavy atom. The molecule has 0 spiro atoms. The van der Waals surface area contributed by atoms with Gasteiger partial charge < -0.3 is 39.3 Å². The van der Waals surface area contributed by atoms with Crippen LogP contribution < -0.4 is 10.1 Å². The number of nitrogens with one attached hydrogen (secondary N) is 1. The number of hydrogen-bond donors (Lipinski definition) is 2. The minimum absolute atomic E-state index is 0.0490. The SMILES string of the molecule is CC[C@H](C)[C@H]1C(=O)N2CCC[C@H]2C(=O)O[C@H](C(C)(C)C)C[C@@H](C)C[C@H](O)[C@H](C)C2=NC(/C=C(\C)C(=O)N[C@@H](Cc3ccc(OC)cc3)C(=O)N(C)[C@@H](C)C(=O)N1C)CO2. The fourth-order valence-electron chi connectivity index (χ4n) is 8.11. The summed E-state index contributed by atoms with van der Waals surface area (Å²) in [5, 5.41) is 14.3. The molecular weight excluding hydrogens is 755 g/mol. The summed E-state index contributed by atoms with van der Waals surface area (Å²) in [7, 11) is 4.64. The number of fused-ring (bicyclic) bond motifs is 2. The fraction of sp³-hybridized carbons (Fsp3) is 0.689. The predicted octanol–water partition coefficient (Wildman–Crippen LogP) is 4.56. The van der Waals surface area contributed by atoms with Crippen LogP contribution in [0.1, 0.15) is 100.0 Å². The maximum atomic E-state index is 14.6. The number of hydrogen-bond acceptors (Lipinski definition) is 10. The lowest BCUT2D eigenvalue weighted by atomic mass is 9.81. The monoisotopic (exact) mass is 824 g/mol. The van der Waals surface area contributed by atoms with Gasteiger partial charge in [0, 0.05) is 32.6 Å². The highest BCUT2D eigenvalue weighted by atomic mass is 16.5. The molecule has 3 aliphatic heterocycles. The van der Waals surface area contributed by atoms with Crippen LogP contribution >= 0.6 is 0 Å². The molecule has 1 unspecified atom stereocenters. The van der Waals surface area contributed by atoms with Crippen LogP contribution in [0.3, 0.4) is 0 Å². The van der Waals surface area contributed by atoms with Gasteiger partial charge in [-0.2, -0.15) is 0 Å². The van der Waals surface area contributed by atoms with Crippen molar-refractivity contribution >= 4 is 35.5 Å². The summed E-state index contributed by atoms with van der Waals surface area (Å²) >= 11 is 0. The molecular formula is C45H69N5O9.